The van der Waals surface area contributed by atoms with Crippen molar-refractivity contribution in [3.8, 4) is 0 Å². The summed E-state index contributed by atoms with van der Waals surface area (Å²) in [7, 11) is 0. The van der Waals surface area contributed by atoms with Gasteiger partial charge in [0.25, 0.3) is 0 Å². The zero-order valence-corrected chi connectivity index (χ0v) is 8.76. The van der Waals surface area contributed by atoms with Crippen molar-refractivity contribution in [1.82, 2.24) is 0 Å². The highest BCUT2D eigenvalue weighted by Crippen LogP contribution is 2.65. The molecule has 0 radical (unpaired) electrons. The van der Waals surface area contributed by atoms with Crippen LogP contribution in [0.15, 0.2) is 0 Å². The molecule has 0 aromatic heterocycles. The monoisotopic (exact) mass is 181 g/mol. The maximum absolute atomic E-state index is 11.4. The maximum atomic E-state index is 11.4. The van der Waals surface area contributed by atoms with Gasteiger partial charge in [0, 0.05) is 5.92 Å². The van der Waals surface area contributed by atoms with E-state index in [0.29, 0.717) is 0 Å². The van der Waals surface area contributed by atoms with E-state index in [1.807, 2.05) is 0 Å². The minimum Gasteiger partial charge on any atom is -0.369 e. The van der Waals surface area contributed by atoms with Crippen molar-refractivity contribution in [2.75, 3.05) is 0 Å². The number of hydrogen-bond donors (Lipinski definition) is 1. The Morgan fingerprint density at radius 3 is 2.31 bits per heavy atom. The molecule has 2 nitrogen and oxygen atoms in total. The third-order valence-corrected chi connectivity index (χ3v) is 4.55. The standard InChI is InChI=1S/C11H19NO/c1-10(2)7-4-5-11(3,6-7)8(10)9(12)13/h7-8H,4-6H2,1-3H3,(H2,12,13). The lowest BCUT2D eigenvalue weighted by molar-refractivity contribution is -0.130. The number of carbonyl (C=O) groups excluding carboxylic acids is 1. The molecule has 2 N–H and O–H groups in total. The van der Waals surface area contributed by atoms with Gasteiger partial charge in [-0.3, -0.25) is 4.79 Å². The van der Waals surface area contributed by atoms with Crippen LogP contribution in [0.25, 0.3) is 0 Å². The number of hydrogen-bond acceptors (Lipinski definition) is 1. The van der Waals surface area contributed by atoms with Crippen LogP contribution in [0, 0.1) is 22.7 Å². The Morgan fingerprint density at radius 1 is 1.38 bits per heavy atom. The third-order valence-electron chi connectivity index (χ3n) is 4.55. The molecule has 3 unspecified atom stereocenters. The van der Waals surface area contributed by atoms with E-state index in [4.69, 9.17) is 5.73 Å². The molecule has 0 heterocycles. The van der Waals surface area contributed by atoms with E-state index in [1.54, 1.807) is 0 Å². The highest BCUT2D eigenvalue weighted by molar-refractivity contribution is 5.79. The summed E-state index contributed by atoms with van der Waals surface area (Å²) in [4.78, 5) is 11.4. The van der Waals surface area contributed by atoms with E-state index in [0.717, 1.165) is 5.92 Å². The number of rotatable bonds is 1. The predicted octanol–water partition coefficient (Wildman–Crippen LogP) is 1.93. The smallest absolute Gasteiger partial charge is 0.221 e. The van der Waals surface area contributed by atoms with Crippen LogP contribution >= 0.6 is 0 Å². The summed E-state index contributed by atoms with van der Waals surface area (Å²) in [6.07, 6.45) is 3.68. The highest BCUT2D eigenvalue weighted by Gasteiger charge is 2.61. The molecule has 0 aromatic rings. The van der Waals surface area contributed by atoms with E-state index in [1.165, 1.54) is 19.3 Å². The Balaban J connectivity index is 2.39. The quantitative estimate of drug-likeness (QED) is 0.660. The minimum absolute atomic E-state index is 0.0882. The topological polar surface area (TPSA) is 43.1 Å². The van der Waals surface area contributed by atoms with E-state index in [-0.39, 0.29) is 22.7 Å². The van der Waals surface area contributed by atoms with Crippen molar-refractivity contribution >= 4 is 5.91 Å². The molecule has 2 rings (SSSR count). The van der Waals surface area contributed by atoms with Gasteiger partial charge in [0.2, 0.25) is 5.91 Å². The van der Waals surface area contributed by atoms with Crippen molar-refractivity contribution in [1.29, 1.82) is 0 Å². The fraction of sp³-hybridized carbons (Fsp3) is 0.909. The van der Waals surface area contributed by atoms with Crippen LogP contribution < -0.4 is 5.73 Å². The van der Waals surface area contributed by atoms with Gasteiger partial charge in [-0.15, -0.1) is 0 Å². The van der Waals surface area contributed by atoms with Gasteiger partial charge in [-0.25, -0.2) is 0 Å². The average molecular weight is 181 g/mol. The van der Waals surface area contributed by atoms with Crippen LogP contribution in [-0.4, -0.2) is 5.91 Å². The molecule has 2 fully saturated rings. The lowest BCUT2D eigenvalue weighted by Crippen LogP contribution is -2.43. The molecule has 0 saturated heterocycles. The second kappa shape index (κ2) is 2.28. The highest BCUT2D eigenvalue weighted by atomic mass is 16.1. The molecule has 1 amide bonds. The summed E-state index contributed by atoms with van der Waals surface area (Å²) in [6, 6.07) is 0. The van der Waals surface area contributed by atoms with Gasteiger partial charge >= 0.3 is 0 Å². The van der Waals surface area contributed by atoms with Crippen molar-refractivity contribution in [3.63, 3.8) is 0 Å². The fourth-order valence-corrected chi connectivity index (χ4v) is 4.01. The summed E-state index contributed by atoms with van der Waals surface area (Å²) in [5.41, 5.74) is 5.85. The molecule has 2 heteroatoms. The molecule has 2 saturated carbocycles. The molecule has 0 aliphatic heterocycles. The van der Waals surface area contributed by atoms with E-state index >= 15 is 0 Å². The summed E-state index contributed by atoms with van der Waals surface area (Å²) in [6.45, 7) is 6.65. The first-order valence-electron chi connectivity index (χ1n) is 5.17. The van der Waals surface area contributed by atoms with Gasteiger partial charge in [0.1, 0.15) is 0 Å². The minimum atomic E-state index is -0.0882. The third kappa shape index (κ3) is 0.976. The van der Waals surface area contributed by atoms with Crippen LogP contribution in [0.4, 0.5) is 0 Å². The molecule has 2 aliphatic carbocycles. The summed E-state index contributed by atoms with van der Waals surface area (Å²) in [5, 5.41) is 0. The number of amides is 1. The van der Waals surface area contributed by atoms with Gasteiger partial charge in [0.05, 0.1) is 0 Å². The first-order valence-corrected chi connectivity index (χ1v) is 5.17. The van der Waals surface area contributed by atoms with Crippen molar-refractivity contribution in [3.05, 3.63) is 0 Å². The predicted molar refractivity (Wildman–Crippen MR) is 51.9 cm³/mol. The second-order valence-corrected chi connectivity index (χ2v) is 5.75. The van der Waals surface area contributed by atoms with Gasteiger partial charge < -0.3 is 5.73 Å². The largest absolute Gasteiger partial charge is 0.369 e. The molecule has 2 bridgehead atoms. The maximum Gasteiger partial charge on any atom is 0.221 e. The number of nitrogens with two attached hydrogens (primary N) is 1. The van der Waals surface area contributed by atoms with Crippen molar-refractivity contribution in [2.45, 2.75) is 40.0 Å². The Labute approximate surface area is 79.9 Å². The Kier molecular flexibility index (Phi) is 1.59. The van der Waals surface area contributed by atoms with E-state index in [2.05, 4.69) is 20.8 Å². The van der Waals surface area contributed by atoms with Crippen LogP contribution in [0.5, 0.6) is 0 Å². The molecular formula is C11H19NO. The van der Waals surface area contributed by atoms with Crippen LogP contribution in [0.1, 0.15) is 40.0 Å². The average Bonchev–Trinajstić information content (AvgIpc) is 2.36. The van der Waals surface area contributed by atoms with Crippen LogP contribution in [0.2, 0.25) is 0 Å². The molecule has 2 aliphatic rings. The summed E-state index contributed by atoms with van der Waals surface area (Å²) in [5.74, 6) is 0.725. The second-order valence-electron chi connectivity index (χ2n) is 5.75. The summed E-state index contributed by atoms with van der Waals surface area (Å²) < 4.78 is 0. The molecule has 13 heavy (non-hydrogen) atoms. The molecule has 3 atom stereocenters. The zero-order valence-electron chi connectivity index (χ0n) is 8.76. The normalized spacial score (nSPS) is 46.7. The first-order chi connectivity index (χ1) is 5.88. The molecule has 74 valence electrons. The fourth-order valence-electron chi connectivity index (χ4n) is 4.01. The lowest BCUT2D eigenvalue weighted by Gasteiger charge is -2.40. The van der Waals surface area contributed by atoms with Gasteiger partial charge in [0.15, 0.2) is 0 Å². The van der Waals surface area contributed by atoms with Gasteiger partial charge in [-0.05, 0) is 36.0 Å². The molecule has 0 aromatic carbocycles. The van der Waals surface area contributed by atoms with Crippen LogP contribution in [0.3, 0.4) is 0 Å². The van der Waals surface area contributed by atoms with Crippen molar-refractivity contribution < 1.29 is 4.79 Å². The SMILES string of the molecule is CC12CCC(C1)C(C)(C)C2C(N)=O. The molecule has 0 spiro atoms. The van der Waals surface area contributed by atoms with Gasteiger partial charge in [-0.1, -0.05) is 20.8 Å². The van der Waals surface area contributed by atoms with Crippen molar-refractivity contribution in [2.24, 2.45) is 28.4 Å². The Hall–Kier alpha value is -0.530. The van der Waals surface area contributed by atoms with E-state index in [9.17, 15) is 4.79 Å². The summed E-state index contributed by atoms with van der Waals surface area (Å²) >= 11 is 0. The lowest BCUT2D eigenvalue weighted by atomic mass is 9.63. The Morgan fingerprint density at radius 2 is 2.00 bits per heavy atom. The number of carbonyl (C=O) groups is 1. The number of fused-ring (bicyclic) bond motifs is 2. The van der Waals surface area contributed by atoms with Gasteiger partial charge in [-0.2, -0.15) is 0 Å². The molecular weight excluding hydrogens is 162 g/mol. The Bertz CT molecular complexity index is 254. The zero-order chi connectivity index (χ0) is 9.85. The van der Waals surface area contributed by atoms with Crippen LogP contribution in [-0.2, 0) is 4.79 Å². The van der Waals surface area contributed by atoms with E-state index < -0.39 is 0 Å². The number of primary amides is 1. The first kappa shape index (κ1) is 9.04.